The number of carboxylic acid groups (broad SMARTS) is 2. The number of nitrogens with zero attached hydrogens (tertiary/aromatic N) is 2. The van der Waals surface area contributed by atoms with Crippen molar-refractivity contribution in [1.29, 1.82) is 0 Å². The van der Waals surface area contributed by atoms with Crippen LogP contribution in [0, 0.1) is 25.7 Å². The van der Waals surface area contributed by atoms with Gasteiger partial charge in [-0.25, -0.2) is 10.4 Å². The van der Waals surface area contributed by atoms with E-state index < -0.39 is 17.8 Å². The van der Waals surface area contributed by atoms with Gasteiger partial charge in [0.1, 0.15) is 0 Å². The standard InChI is InChI=1S/C33H45N5O6/c1-7-20-16(3)25(36-32(20)43)13-24-17(4)22(9-11-30(39)40)27(34-24)14-28-23(10-12-31(41)42)18(5)26(35-28)15-29-21(8-2)19(6)33(44)37-38(29)33/h19,21,29,34-35,37,44H,7-15H2,1-6H3,(H,39,40)(H,41,42)/t19-,21-,29-,33-,38?/m1/s1. The Labute approximate surface area is 257 Å². The summed E-state index contributed by atoms with van der Waals surface area (Å²) in [4.78, 5) is 47.1. The molecule has 0 saturated carbocycles. The summed E-state index contributed by atoms with van der Waals surface area (Å²) in [6.45, 7) is 12.1. The number of amides is 1. The number of nitrogens with one attached hydrogen (secondary N) is 3. The molecule has 5 rings (SSSR count). The molecule has 3 aliphatic rings. The molecule has 2 fully saturated rings. The van der Waals surface area contributed by atoms with Crippen LogP contribution in [0.15, 0.2) is 16.1 Å². The fourth-order valence-electron chi connectivity index (χ4n) is 7.59. The van der Waals surface area contributed by atoms with E-state index >= 15 is 0 Å². The normalized spacial score (nSPS) is 26.0. The predicted molar refractivity (Wildman–Crippen MR) is 165 cm³/mol. The molecule has 0 bridgehead atoms. The van der Waals surface area contributed by atoms with E-state index in [4.69, 9.17) is 0 Å². The molecule has 5 heterocycles. The molecule has 5 atom stereocenters. The Kier molecular flexibility index (Phi) is 8.76. The molecule has 44 heavy (non-hydrogen) atoms. The molecule has 11 nitrogen and oxygen atoms in total. The smallest absolute Gasteiger partial charge is 0.303 e. The molecule has 3 aliphatic heterocycles. The van der Waals surface area contributed by atoms with Gasteiger partial charge in [-0.2, -0.15) is 5.01 Å². The maximum absolute atomic E-state index is 12.4. The number of carboxylic acids is 2. The van der Waals surface area contributed by atoms with Crippen molar-refractivity contribution in [2.45, 2.75) is 111 Å². The number of carbonyl (C=O) groups excluding carboxylic acids is 1. The van der Waals surface area contributed by atoms with Crippen LogP contribution < -0.4 is 5.43 Å². The van der Waals surface area contributed by atoms with Crippen LogP contribution in [0.2, 0.25) is 0 Å². The Bertz CT molecular complexity index is 1560. The second-order valence-electron chi connectivity index (χ2n) is 12.7. The number of hydrazine groups is 1. The Morgan fingerprint density at radius 1 is 0.909 bits per heavy atom. The fourth-order valence-corrected chi connectivity index (χ4v) is 7.59. The third-order valence-electron chi connectivity index (χ3n) is 10.3. The number of carbonyl (C=O) groups is 3. The van der Waals surface area contributed by atoms with Crippen molar-refractivity contribution in [1.82, 2.24) is 20.4 Å². The van der Waals surface area contributed by atoms with Crippen LogP contribution in [-0.4, -0.2) is 65.7 Å². The molecule has 2 aromatic heterocycles. The fraction of sp³-hybridized carbons (Fsp3) is 0.576. The molecule has 238 valence electrons. The lowest BCUT2D eigenvalue weighted by Gasteiger charge is -2.24. The summed E-state index contributed by atoms with van der Waals surface area (Å²) in [5.41, 5.74) is 13.1. The topological polar surface area (TPSA) is 181 Å². The number of aliphatic carboxylic acids is 2. The van der Waals surface area contributed by atoms with Gasteiger partial charge < -0.3 is 25.3 Å². The molecule has 1 amide bonds. The SMILES string of the molecule is CCC1=C(C)C(Cc2[nH]c(Cc3[nH]c(C[C@@H]4[C@H](CC)[C@@H](C)[C@@]5(O)NN45)c(C)c3CCC(=O)O)c(CCC(=O)O)c2C)=NC1=O. The first-order valence-electron chi connectivity index (χ1n) is 15.7. The van der Waals surface area contributed by atoms with Gasteiger partial charge >= 0.3 is 11.9 Å². The molecule has 2 saturated heterocycles. The average molecular weight is 608 g/mol. The molecule has 0 spiro atoms. The van der Waals surface area contributed by atoms with Gasteiger partial charge in [-0.1, -0.05) is 27.2 Å². The molecule has 1 unspecified atom stereocenters. The van der Waals surface area contributed by atoms with Gasteiger partial charge in [-0.15, -0.1) is 0 Å². The Morgan fingerprint density at radius 2 is 1.48 bits per heavy atom. The number of fused-ring (bicyclic) bond motifs is 1. The van der Waals surface area contributed by atoms with E-state index in [9.17, 15) is 29.7 Å². The molecule has 0 aliphatic carbocycles. The number of rotatable bonds is 14. The van der Waals surface area contributed by atoms with Crippen molar-refractivity contribution in [3.63, 3.8) is 0 Å². The first kappa shape index (κ1) is 31.9. The van der Waals surface area contributed by atoms with Crippen LogP contribution in [0.1, 0.15) is 98.4 Å². The monoisotopic (exact) mass is 607 g/mol. The van der Waals surface area contributed by atoms with E-state index in [2.05, 4.69) is 34.2 Å². The maximum atomic E-state index is 12.4. The van der Waals surface area contributed by atoms with Crippen molar-refractivity contribution in [2.75, 3.05) is 0 Å². The van der Waals surface area contributed by atoms with Gasteiger partial charge in [0.15, 0.2) is 0 Å². The molecule has 0 radical (unpaired) electrons. The Morgan fingerprint density at radius 3 is 2.00 bits per heavy atom. The summed E-state index contributed by atoms with van der Waals surface area (Å²) in [6, 6.07) is 0.0992. The van der Waals surface area contributed by atoms with Gasteiger partial charge in [0.25, 0.3) is 5.91 Å². The Hall–Kier alpha value is -3.54. The van der Waals surface area contributed by atoms with Crippen LogP contribution in [0.3, 0.4) is 0 Å². The highest BCUT2D eigenvalue weighted by Crippen LogP contribution is 2.50. The summed E-state index contributed by atoms with van der Waals surface area (Å²) in [6.07, 6.45) is 3.84. The molecular formula is C33H45N5O6. The van der Waals surface area contributed by atoms with Gasteiger partial charge in [0.2, 0.25) is 5.85 Å². The van der Waals surface area contributed by atoms with E-state index in [1.807, 2.05) is 32.7 Å². The molecule has 2 aromatic rings. The molecule has 6 N–H and O–H groups in total. The minimum absolute atomic E-state index is 0.00326. The van der Waals surface area contributed by atoms with Crippen LogP contribution in [0.5, 0.6) is 0 Å². The Balaban J connectivity index is 1.49. The highest BCUT2D eigenvalue weighted by Gasteiger charge is 2.67. The third-order valence-corrected chi connectivity index (χ3v) is 10.3. The van der Waals surface area contributed by atoms with Crippen LogP contribution >= 0.6 is 0 Å². The number of allylic oxidation sites excluding steroid dienone is 1. The summed E-state index contributed by atoms with van der Waals surface area (Å²) in [5, 5.41) is 31.9. The number of hydrogen-bond donors (Lipinski definition) is 6. The summed E-state index contributed by atoms with van der Waals surface area (Å²) in [7, 11) is 0. The van der Waals surface area contributed by atoms with E-state index in [-0.39, 0.29) is 30.7 Å². The first-order valence-corrected chi connectivity index (χ1v) is 15.7. The molecule has 11 heteroatoms. The molecular weight excluding hydrogens is 562 g/mol. The van der Waals surface area contributed by atoms with Crippen molar-refractivity contribution in [3.8, 4) is 0 Å². The van der Waals surface area contributed by atoms with Gasteiger partial charge in [0, 0.05) is 72.4 Å². The zero-order valence-electron chi connectivity index (χ0n) is 26.6. The number of aliphatic hydroxyl groups is 1. The van der Waals surface area contributed by atoms with E-state index in [1.165, 1.54) is 0 Å². The van der Waals surface area contributed by atoms with E-state index in [1.54, 1.807) is 0 Å². The summed E-state index contributed by atoms with van der Waals surface area (Å²) >= 11 is 0. The highest BCUT2D eigenvalue weighted by atomic mass is 16.4. The van der Waals surface area contributed by atoms with Gasteiger partial charge in [0.05, 0.1) is 5.71 Å². The van der Waals surface area contributed by atoms with Gasteiger partial charge in [-0.3, -0.25) is 14.4 Å². The quantitative estimate of drug-likeness (QED) is 0.175. The van der Waals surface area contributed by atoms with Crippen LogP contribution in [-0.2, 0) is 46.5 Å². The summed E-state index contributed by atoms with van der Waals surface area (Å²) < 4.78 is 0. The van der Waals surface area contributed by atoms with Crippen LogP contribution in [0.25, 0.3) is 0 Å². The van der Waals surface area contributed by atoms with Crippen molar-refractivity contribution < 1.29 is 29.7 Å². The zero-order valence-corrected chi connectivity index (χ0v) is 26.6. The summed E-state index contributed by atoms with van der Waals surface area (Å²) in [5.74, 6) is -2.50. The first-order chi connectivity index (χ1) is 20.8. The predicted octanol–water partition coefficient (Wildman–Crippen LogP) is 3.89. The van der Waals surface area contributed by atoms with Crippen molar-refractivity contribution >= 4 is 23.6 Å². The number of hydrogen-bond acceptors (Lipinski definition) is 6. The number of aromatic nitrogens is 2. The minimum Gasteiger partial charge on any atom is -0.481 e. The van der Waals surface area contributed by atoms with Gasteiger partial charge in [-0.05, 0) is 73.8 Å². The third kappa shape index (κ3) is 5.68. The lowest BCUT2D eigenvalue weighted by atomic mass is 9.85. The second kappa shape index (κ2) is 12.1. The molecule has 0 aromatic carbocycles. The van der Waals surface area contributed by atoms with Crippen LogP contribution in [0.4, 0.5) is 0 Å². The highest BCUT2D eigenvalue weighted by molar-refractivity contribution is 6.19. The number of H-pyrrole nitrogens is 2. The maximum Gasteiger partial charge on any atom is 0.303 e. The largest absolute Gasteiger partial charge is 0.481 e. The zero-order chi connectivity index (χ0) is 32.1. The van der Waals surface area contributed by atoms with E-state index in [0.29, 0.717) is 44.4 Å². The second-order valence-corrected chi connectivity index (χ2v) is 12.7. The number of aliphatic imine (C=N–C) groups is 1. The lowest BCUT2D eigenvalue weighted by molar-refractivity contribution is -0.138. The lowest BCUT2D eigenvalue weighted by Crippen LogP contribution is -2.33. The number of aromatic amines is 2. The van der Waals surface area contributed by atoms with E-state index in [0.717, 1.165) is 68.3 Å². The van der Waals surface area contributed by atoms with Crippen molar-refractivity contribution in [2.24, 2.45) is 16.8 Å². The minimum atomic E-state index is -0.961. The average Bonchev–Trinajstić information content (AvgIpc) is 3.20. The van der Waals surface area contributed by atoms with Crippen molar-refractivity contribution in [3.05, 3.63) is 56.2 Å².